The van der Waals surface area contributed by atoms with Crippen molar-refractivity contribution in [2.24, 2.45) is 0 Å². The molecule has 7 heteroatoms. The van der Waals surface area contributed by atoms with Gasteiger partial charge in [0.1, 0.15) is 18.1 Å². The first-order valence-corrected chi connectivity index (χ1v) is 13.5. The third kappa shape index (κ3) is 7.46. The van der Waals surface area contributed by atoms with Gasteiger partial charge in [0.15, 0.2) is 0 Å². The van der Waals surface area contributed by atoms with E-state index in [1.165, 1.54) is 18.4 Å². The number of methoxy groups -OCH3 is 1. The third-order valence-corrected chi connectivity index (χ3v) is 6.53. The second-order valence-corrected chi connectivity index (χ2v) is 11.0. The summed E-state index contributed by atoms with van der Waals surface area (Å²) >= 11 is 0. The van der Waals surface area contributed by atoms with Crippen molar-refractivity contribution < 1.29 is 14.3 Å². The highest BCUT2D eigenvalue weighted by molar-refractivity contribution is 5.99. The molecule has 0 radical (unpaired) electrons. The van der Waals surface area contributed by atoms with Crippen LogP contribution in [-0.2, 0) is 16.6 Å². The predicted octanol–water partition coefficient (Wildman–Crippen LogP) is 6.40. The molecule has 0 aliphatic heterocycles. The number of ether oxygens (including phenoxy) is 1. The number of nitrogens with one attached hydrogen (secondary N) is 1. The van der Waals surface area contributed by atoms with Gasteiger partial charge in [-0.1, -0.05) is 52.7 Å². The quantitative estimate of drug-likeness (QED) is 0.298. The maximum Gasteiger partial charge on any atom is 0.254 e. The summed E-state index contributed by atoms with van der Waals surface area (Å²) in [6.07, 6.45) is 4.54. The van der Waals surface area contributed by atoms with E-state index in [2.05, 4.69) is 33.0 Å². The Hall–Kier alpha value is -3.61. The van der Waals surface area contributed by atoms with E-state index >= 15 is 0 Å². The molecule has 0 aliphatic rings. The SMILES string of the molecule is CCCCCc1ccc(C(=O)N(CC(=O)Nc2cc(C(C)(C)C)nn2-c2ccc(OC)cc2)C(C)C)cc1. The summed E-state index contributed by atoms with van der Waals surface area (Å²) in [4.78, 5) is 28.2. The number of carbonyl (C=O) groups is 2. The number of aryl methyl sites for hydroxylation is 1. The Bertz CT molecular complexity index is 1210. The molecular formula is C31H42N4O3. The van der Waals surface area contributed by atoms with E-state index in [0.717, 1.165) is 30.0 Å². The molecule has 2 aromatic carbocycles. The van der Waals surface area contributed by atoms with E-state index in [-0.39, 0.29) is 29.8 Å². The molecule has 3 aromatic rings. The van der Waals surface area contributed by atoms with E-state index in [1.807, 2.05) is 68.4 Å². The van der Waals surface area contributed by atoms with Gasteiger partial charge in [-0.25, -0.2) is 4.68 Å². The van der Waals surface area contributed by atoms with Crippen LogP contribution < -0.4 is 10.1 Å². The van der Waals surface area contributed by atoms with Gasteiger partial charge in [-0.3, -0.25) is 9.59 Å². The number of hydrogen-bond donors (Lipinski definition) is 1. The second-order valence-electron chi connectivity index (χ2n) is 11.0. The van der Waals surface area contributed by atoms with Crippen molar-refractivity contribution in [3.8, 4) is 11.4 Å². The van der Waals surface area contributed by atoms with Gasteiger partial charge in [0.2, 0.25) is 5.91 Å². The molecule has 0 bridgehead atoms. The van der Waals surface area contributed by atoms with E-state index in [9.17, 15) is 9.59 Å². The molecule has 0 spiro atoms. The fraction of sp³-hybridized carbons (Fsp3) is 0.452. The zero-order valence-electron chi connectivity index (χ0n) is 23.9. The monoisotopic (exact) mass is 518 g/mol. The van der Waals surface area contributed by atoms with E-state index in [4.69, 9.17) is 9.84 Å². The molecule has 7 nitrogen and oxygen atoms in total. The highest BCUT2D eigenvalue weighted by atomic mass is 16.5. The Morgan fingerprint density at radius 1 is 1.03 bits per heavy atom. The number of amides is 2. The number of aromatic nitrogens is 2. The fourth-order valence-electron chi connectivity index (χ4n) is 4.14. The van der Waals surface area contributed by atoms with E-state index in [1.54, 1.807) is 16.7 Å². The lowest BCUT2D eigenvalue weighted by molar-refractivity contribution is -0.117. The van der Waals surface area contributed by atoms with Gasteiger partial charge in [-0.15, -0.1) is 0 Å². The molecule has 2 amide bonds. The Morgan fingerprint density at radius 2 is 1.68 bits per heavy atom. The molecule has 0 unspecified atom stereocenters. The maximum absolute atomic E-state index is 13.3. The Kier molecular flexibility index (Phi) is 9.72. The molecule has 204 valence electrons. The molecule has 1 N–H and O–H groups in total. The zero-order chi connectivity index (χ0) is 27.9. The van der Waals surface area contributed by atoms with Crippen LogP contribution in [0.15, 0.2) is 54.6 Å². The normalized spacial score (nSPS) is 11.5. The molecule has 0 atom stereocenters. The van der Waals surface area contributed by atoms with Gasteiger partial charge in [0.25, 0.3) is 5.91 Å². The Morgan fingerprint density at radius 3 is 2.24 bits per heavy atom. The Balaban J connectivity index is 1.78. The van der Waals surface area contributed by atoms with Gasteiger partial charge in [0.05, 0.1) is 18.5 Å². The van der Waals surface area contributed by atoms with E-state index in [0.29, 0.717) is 11.4 Å². The van der Waals surface area contributed by atoms with E-state index < -0.39 is 0 Å². The van der Waals surface area contributed by atoms with Gasteiger partial charge in [0, 0.05) is 23.1 Å². The van der Waals surface area contributed by atoms with Crippen molar-refractivity contribution in [3.05, 3.63) is 71.4 Å². The molecule has 3 rings (SSSR count). The number of hydrogen-bond acceptors (Lipinski definition) is 4. The summed E-state index contributed by atoms with van der Waals surface area (Å²) in [7, 11) is 1.62. The lowest BCUT2D eigenvalue weighted by Gasteiger charge is -2.26. The van der Waals surface area contributed by atoms with Crippen molar-refractivity contribution in [1.29, 1.82) is 0 Å². The zero-order valence-corrected chi connectivity index (χ0v) is 23.9. The van der Waals surface area contributed by atoms with Gasteiger partial charge in [-0.05, 0) is 68.7 Å². The highest BCUT2D eigenvalue weighted by Crippen LogP contribution is 2.27. The van der Waals surface area contributed by atoms with Crippen LogP contribution >= 0.6 is 0 Å². The van der Waals surface area contributed by atoms with Crippen molar-refractivity contribution in [3.63, 3.8) is 0 Å². The first kappa shape index (κ1) is 29.0. The minimum atomic E-state index is -0.279. The summed E-state index contributed by atoms with van der Waals surface area (Å²) in [6, 6.07) is 17.0. The molecule has 0 saturated heterocycles. The lowest BCUT2D eigenvalue weighted by Crippen LogP contribution is -2.42. The number of benzene rings is 2. The minimum absolute atomic E-state index is 0.0621. The highest BCUT2D eigenvalue weighted by Gasteiger charge is 2.25. The Labute approximate surface area is 227 Å². The maximum atomic E-state index is 13.3. The molecule has 1 aromatic heterocycles. The minimum Gasteiger partial charge on any atom is -0.497 e. The second kappa shape index (κ2) is 12.8. The summed E-state index contributed by atoms with van der Waals surface area (Å²) in [5, 5.41) is 7.77. The number of anilines is 1. The van der Waals surface area contributed by atoms with Crippen LogP contribution in [0.5, 0.6) is 5.75 Å². The van der Waals surface area contributed by atoms with Crippen LogP contribution in [0.25, 0.3) is 5.69 Å². The molecule has 0 aliphatic carbocycles. The summed E-state index contributed by atoms with van der Waals surface area (Å²) in [5.74, 6) is 0.855. The van der Waals surface area contributed by atoms with Crippen LogP contribution in [0.2, 0.25) is 0 Å². The number of carbonyl (C=O) groups excluding carboxylic acids is 2. The van der Waals surface area contributed by atoms with Gasteiger partial charge >= 0.3 is 0 Å². The smallest absolute Gasteiger partial charge is 0.254 e. The molecule has 38 heavy (non-hydrogen) atoms. The standard InChI is InChI=1S/C31H42N4O3/c1-8-9-10-11-23-12-14-24(15-13-23)30(37)34(22(2)3)21-29(36)32-28-20-27(31(4,5)6)33-35(28)25-16-18-26(38-7)19-17-25/h12-20,22H,8-11,21H2,1-7H3,(H,32,36). The average Bonchev–Trinajstić information content (AvgIpc) is 3.31. The van der Waals surface area contributed by atoms with Crippen LogP contribution in [0.4, 0.5) is 5.82 Å². The van der Waals surface area contributed by atoms with Gasteiger partial charge in [-0.2, -0.15) is 5.10 Å². The average molecular weight is 519 g/mol. The molecular weight excluding hydrogens is 476 g/mol. The van der Waals surface area contributed by atoms with Crippen LogP contribution in [0, 0.1) is 0 Å². The van der Waals surface area contributed by atoms with Crippen molar-refractivity contribution >= 4 is 17.6 Å². The first-order valence-electron chi connectivity index (χ1n) is 13.5. The summed E-state index contributed by atoms with van der Waals surface area (Å²) in [5.41, 5.74) is 3.25. The number of nitrogens with zero attached hydrogens (tertiary/aromatic N) is 3. The number of rotatable bonds is 11. The van der Waals surface area contributed by atoms with Crippen molar-refractivity contribution in [2.75, 3.05) is 19.0 Å². The predicted molar refractivity (Wildman–Crippen MR) is 153 cm³/mol. The summed E-state index contributed by atoms with van der Waals surface area (Å²) in [6.45, 7) is 12.2. The fourth-order valence-corrected chi connectivity index (χ4v) is 4.14. The van der Waals surface area contributed by atoms with Crippen LogP contribution in [-0.4, -0.2) is 46.2 Å². The largest absolute Gasteiger partial charge is 0.497 e. The topological polar surface area (TPSA) is 76.5 Å². The van der Waals surface area contributed by atoms with Crippen LogP contribution in [0.1, 0.15) is 82.4 Å². The third-order valence-electron chi connectivity index (χ3n) is 6.53. The first-order chi connectivity index (χ1) is 18.0. The van der Waals surface area contributed by atoms with Gasteiger partial charge < -0.3 is 15.0 Å². The molecule has 1 heterocycles. The molecule has 0 fully saturated rings. The molecule has 0 saturated carbocycles. The lowest BCUT2D eigenvalue weighted by atomic mass is 9.92. The number of unbranched alkanes of at least 4 members (excludes halogenated alkanes) is 2. The van der Waals surface area contributed by atoms with Crippen LogP contribution in [0.3, 0.4) is 0 Å². The van der Waals surface area contributed by atoms with Crippen molar-refractivity contribution in [2.45, 2.75) is 78.7 Å². The summed E-state index contributed by atoms with van der Waals surface area (Å²) < 4.78 is 6.99. The van der Waals surface area contributed by atoms with Crippen molar-refractivity contribution in [1.82, 2.24) is 14.7 Å².